The third-order valence-corrected chi connectivity index (χ3v) is 10.9. The Morgan fingerprint density at radius 2 is 1.98 bits per heavy atom. The maximum Gasteiger partial charge on any atom is 0.247 e. The molecule has 1 aromatic carbocycles. The molecule has 43 heavy (non-hydrogen) atoms. The number of hydrogen-bond acceptors (Lipinski definition) is 9. The second kappa shape index (κ2) is 15.6. The summed E-state index contributed by atoms with van der Waals surface area (Å²) in [5, 5.41) is 17.3. The van der Waals surface area contributed by atoms with Gasteiger partial charge in [0.15, 0.2) is 9.84 Å². The molecule has 2 unspecified atom stereocenters. The summed E-state index contributed by atoms with van der Waals surface area (Å²) in [5.74, 6) is -0.598. The van der Waals surface area contributed by atoms with Gasteiger partial charge in [0.2, 0.25) is 11.8 Å². The number of thiazole rings is 1. The van der Waals surface area contributed by atoms with Gasteiger partial charge in [0, 0.05) is 55.5 Å². The Morgan fingerprint density at radius 3 is 2.67 bits per heavy atom. The van der Waals surface area contributed by atoms with E-state index in [0.29, 0.717) is 42.6 Å². The van der Waals surface area contributed by atoms with Crippen molar-refractivity contribution in [3.63, 3.8) is 0 Å². The molecule has 1 aromatic heterocycles. The number of sulfone groups is 1. The van der Waals surface area contributed by atoms with E-state index in [-0.39, 0.29) is 35.9 Å². The van der Waals surface area contributed by atoms with Crippen LogP contribution in [-0.2, 0) is 25.8 Å². The standard InChI is InChI=1S/C30H42ClN5O5S2/c1-20(19-36-10-12-43(40,41)13-11-36)29(38)33-18-25(14-22-6-4-3-5-7-22)34-30(39)23(17-32-21(2)37)15-28-35-26-9-8-24(31)16-27(26)42-28/h8-9,16-17,21-23,25,37H,1,3-7,10-15,18-19H2,2H3,(H,33,38)(H,34,39)/b32-17+/t21?,23?,25-/m0/s1. The number of hydrogen-bond donors (Lipinski definition) is 3. The number of nitrogens with zero attached hydrogens (tertiary/aromatic N) is 3. The maximum atomic E-state index is 13.7. The lowest BCUT2D eigenvalue weighted by molar-refractivity contribution is -0.124. The number of amides is 2. The molecule has 2 fully saturated rings. The molecule has 2 heterocycles. The first kappa shape index (κ1) is 33.5. The number of halogens is 1. The molecule has 2 amide bonds. The number of nitrogens with one attached hydrogen (secondary N) is 2. The summed E-state index contributed by atoms with van der Waals surface area (Å²) in [6, 6.07) is 5.17. The van der Waals surface area contributed by atoms with Gasteiger partial charge < -0.3 is 15.7 Å². The molecule has 3 N–H and O–H groups in total. The number of carbonyl (C=O) groups excluding carboxylic acids is 2. The minimum atomic E-state index is -3.01. The van der Waals surface area contributed by atoms with Crippen molar-refractivity contribution >= 4 is 61.0 Å². The topological polar surface area (TPSA) is 141 Å². The second-order valence-corrected chi connectivity index (χ2v) is 15.5. The van der Waals surface area contributed by atoms with E-state index in [4.69, 9.17) is 11.6 Å². The van der Waals surface area contributed by atoms with E-state index in [1.165, 1.54) is 30.9 Å². The predicted octanol–water partition coefficient (Wildman–Crippen LogP) is 3.38. The van der Waals surface area contributed by atoms with Crippen molar-refractivity contribution in [2.45, 2.75) is 64.1 Å². The lowest BCUT2D eigenvalue weighted by Gasteiger charge is -2.29. The molecular formula is C30H42ClN5O5S2. The van der Waals surface area contributed by atoms with Crippen LogP contribution in [0.15, 0.2) is 35.3 Å². The largest absolute Gasteiger partial charge is 0.372 e. The Kier molecular flexibility index (Phi) is 12.1. The van der Waals surface area contributed by atoms with E-state index in [1.54, 1.807) is 6.07 Å². The third-order valence-electron chi connectivity index (χ3n) is 7.98. The van der Waals surface area contributed by atoms with E-state index in [0.717, 1.165) is 47.3 Å². The van der Waals surface area contributed by atoms with Gasteiger partial charge in [0.05, 0.1) is 32.6 Å². The van der Waals surface area contributed by atoms with Gasteiger partial charge in [-0.2, -0.15) is 0 Å². The second-order valence-electron chi connectivity index (χ2n) is 11.6. The summed E-state index contributed by atoms with van der Waals surface area (Å²) in [5.41, 5.74) is 1.17. The molecule has 1 aliphatic carbocycles. The zero-order chi connectivity index (χ0) is 31.0. The minimum Gasteiger partial charge on any atom is -0.372 e. The van der Waals surface area contributed by atoms with E-state index < -0.39 is 22.0 Å². The van der Waals surface area contributed by atoms with Gasteiger partial charge in [-0.05, 0) is 37.5 Å². The molecule has 3 atom stereocenters. The van der Waals surface area contributed by atoms with Crippen LogP contribution in [0.2, 0.25) is 5.02 Å². The van der Waals surface area contributed by atoms with Gasteiger partial charge >= 0.3 is 0 Å². The highest BCUT2D eigenvalue weighted by molar-refractivity contribution is 7.91. The summed E-state index contributed by atoms with van der Waals surface area (Å²) in [7, 11) is -3.01. The quantitative estimate of drug-likeness (QED) is 0.223. The van der Waals surface area contributed by atoms with Crippen molar-refractivity contribution < 1.29 is 23.1 Å². The van der Waals surface area contributed by atoms with E-state index in [9.17, 15) is 23.1 Å². The number of rotatable bonds is 13. The first-order chi connectivity index (χ1) is 20.5. The van der Waals surface area contributed by atoms with E-state index in [2.05, 4.69) is 27.2 Å². The average molecular weight is 652 g/mol. The Bertz CT molecular complexity index is 1410. The number of aliphatic hydroxyl groups excluding tert-OH is 1. The lowest BCUT2D eigenvalue weighted by atomic mass is 9.84. The van der Waals surface area contributed by atoms with Crippen molar-refractivity contribution in [3.05, 3.63) is 40.4 Å². The van der Waals surface area contributed by atoms with Gasteiger partial charge in [-0.1, -0.05) is 50.3 Å². The number of aliphatic hydroxyl groups is 1. The lowest BCUT2D eigenvalue weighted by Crippen LogP contribution is -2.48. The van der Waals surface area contributed by atoms with Crippen molar-refractivity contribution in [1.29, 1.82) is 0 Å². The molecule has 2 aliphatic rings. The van der Waals surface area contributed by atoms with Gasteiger partial charge in [0.1, 0.15) is 6.23 Å². The molecule has 4 rings (SSSR count). The molecule has 10 nitrogen and oxygen atoms in total. The van der Waals surface area contributed by atoms with Crippen LogP contribution in [0.1, 0.15) is 50.5 Å². The molecule has 1 saturated heterocycles. The summed E-state index contributed by atoms with van der Waals surface area (Å²) in [4.78, 5) is 37.3. The Morgan fingerprint density at radius 1 is 1.26 bits per heavy atom. The number of fused-ring (bicyclic) bond motifs is 1. The normalized spacial score (nSPS) is 20.1. The molecule has 0 bridgehead atoms. The first-order valence-corrected chi connectivity index (χ1v) is 17.9. The van der Waals surface area contributed by atoms with Crippen molar-refractivity contribution in [2.24, 2.45) is 16.8 Å². The first-order valence-electron chi connectivity index (χ1n) is 14.9. The number of benzene rings is 1. The van der Waals surface area contributed by atoms with Crippen molar-refractivity contribution in [2.75, 3.05) is 37.7 Å². The van der Waals surface area contributed by atoms with Crippen LogP contribution < -0.4 is 10.6 Å². The van der Waals surface area contributed by atoms with Gasteiger partial charge in [-0.3, -0.25) is 19.5 Å². The summed E-state index contributed by atoms with van der Waals surface area (Å²) in [6.45, 7) is 6.77. The number of aliphatic imine (C=N–C) groups is 1. The van der Waals surface area contributed by atoms with Gasteiger partial charge in [-0.15, -0.1) is 11.3 Å². The predicted molar refractivity (Wildman–Crippen MR) is 172 cm³/mol. The van der Waals surface area contributed by atoms with Crippen LogP contribution in [0.4, 0.5) is 0 Å². The van der Waals surface area contributed by atoms with Crippen LogP contribution in [-0.4, -0.2) is 91.4 Å². The smallest absolute Gasteiger partial charge is 0.247 e. The highest BCUT2D eigenvalue weighted by atomic mass is 35.5. The zero-order valence-corrected chi connectivity index (χ0v) is 27.0. The summed E-state index contributed by atoms with van der Waals surface area (Å²) >= 11 is 7.61. The van der Waals surface area contributed by atoms with Crippen LogP contribution in [0.3, 0.4) is 0 Å². The van der Waals surface area contributed by atoms with E-state index in [1.807, 2.05) is 17.0 Å². The number of aromatic nitrogens is 1. The van der Waals surface area contributed by atoms with Crippen LogP contribution in [0, 0.1) is 11.8 Å². The molecule has 13 heteroatoms. The molecule has 1 saturated carbocycles. The van der Waals surface area contributed by atoms with Crippen molar-refractivity contribution in [3.8, 4) is 0 Å². The summed E-state index contributed by atoms with van der Waals surface area (Å²) in [6.07, 6.45) is 7.29. The fourth-order valence-corrected chi connectivity index (χ4v) is 8.16. The van der Waals surface area contributed by atoms with E-state index >= 15 is 0 Å². The van der Waals surface area contributed by atoms with Crippen LogP contribution >= 0.6 is 22.9 Å². The van der Waals surface area contributed by atoms with Crippen LogP contribution in [0.25, 0.3) is 10.2 Å². The fraction of sp³-hybridized carbons (Fsp3) is 0.600. The summed E-state index contributed by atoms with van der Waals surface area (Å²) < 4.78 is 24.4. The molecule has 2 aromatic rings. The Hall–Kier alpha value is -2.38. The van der Waals surface area contributed by atoms with Crippen LogP contribution in [0.5, 0.6) is 0 Å². The molecule has 0 spiro atoms. The fourth-order valence-electron chi connectivity index (χ4n) is 5.58. The molecule has 1 aliphatic heterocycles. The third kappa shape index (κ3) is 10.6. The monoisotopic (exact) mass is 651 g/mol. The number of carbonyl (C=O) groups is 2. The SMILES string of the molecule is C=C(CN1CCS(=O)(=O)CC1)C(=O)NC[C@H](CC1CCCCC1)NC(=O)C(/C=N/C(C)O)Cc1nc2ccc(Cl)cc2s1. The highest BCUT2D eigenvalue weighted by Gasteiger charge is 2.27. The Labute approximate surface area is 262 Å². The molecule has 0 radical (unpaired) electrons. The minimum absolute atomic E-state index is 0.0850. The van der Waals surface area contributed by atoms with Crippen molar-refractivity contribution in [1.82, 2.24) is 20.5 Å². The molecular weight excluding hydrogens is 610 g/mol. The van der Waals surface area contributed by atoms with Gasteiger partial charge in [-0.25, -0.2) is 13.4 Å². The highest BCUT2D eigenvalue weighted by Crippen LogP contribution is 2.28. The maximum absolute atomic E-state index is 13.7. The zero-order valence-electron chi connectivity index (χ0n) is 24.6. The molecule has 236 valence electrons. The Balaban J connectivity index is 1.41. The van der Waals surface area contributed by atoms with Gasteiger partial charge in [0.25, 0.3) is 0 Å². The average Bonchev–Trinajstić information content (AvgIpc) is 3.36.